The third-order valence-corrected chi connectivity index (χ3v) is 3.86. The van der Waals surface area contributed by atoms with E-state index in [1.54, 1.807) is 0 Å². The molecule has 17 heavy (non-hydrogen) atoms. The van der Waals surface area contributed by atoms with Crippen molar-refractivity contribution in [2.24, 2.45) is 0 Å². The molecule has 1 atom stereocenters. The quantitative estimate of drug-likeness (QED) is 0.786. The number of likely N-dealkylation sites (N-methyl/N-ethyl adjacent to an activating group) is 2. The summed E-state index contributed by atoms with van der Waals surface area (Å²) < 4.78 is 0. The molecule has 1 saturated heterocycles. The average Bonchev–Trinajstić information content (AvgIpc) is 2.98. The van der Waals surface area contributed by atoms with Gasteiger partial charge in [-0.3, -0.25) is 9.69 Å². The summed E-state index contributed by atoms with van der Waals surface area (Å²) in [6, 6.07) is 0.554. The summed E-state index contributed by atoms with van der Waals surface area (Å²) in [5.41, 5.74) is 1.21. The van der Waals surface area contributed by atoms with E-state index in [9.17, 15) is 4.79 Å². The molecule has 2 aliphatic rings. The standard InChI is InChI=1S/C13H23N3O/c1-14-11-7-8-16(9-11)10-13(17)15(2)12-5-3-4-6-12/h5,11,14H,3-4,6-10H2,1-2H3. The van der Waals surface area contributed by atoms with Crippen molar-refractivity contribution >= 4 is 5.91 Å². The van der Waals surface area contributed by atoms with Crippen molar-refractivity contribution in [3.8, 4) is 0 Å². The van der Waals surface area contributed by atoms with E-state index in [-0.39, 0.29) is 5.91 Å². The van der Waals surface area contributed by atoms with Crippen LogP contribution in [0.3, 0.4) is 0 Å². The first-order chi connectivity index (χ1) is 8.20. The minimum Gasteiger partial charge on any atom is -0.318 e. The lowest BCUT2D eigenvalue weighted by molar-refractivity contribution is -0.129. The maximum Gasteiger partial charge on any atom is 0.240 e. The monoisotopic (exact) mass is 237 g/mol. The molecule has 1 fully saturated rings. The molecule has 2 rings (SSSR count). The van der Waals surface area contributed by atoms with Gasteiger partial charge in [0, 0.05) is 31.9 Å². The van der Waals surface area contributed by atoms with Crippen LogP contribution in [-0.4, -0.2) is 55.5 Å². The van der Waals surface area contributed by atoms with Gasteiger partial charge in [0.25, 0.3) is 0 Å². The first kappa shape index (κ1) is 12.6. The van der Waals surface area contributed by atoms with E-state index in [1.807, 2.05) is 19.0 Å². The van der Waals surface area contributed by atoms with E-state index in [0.29, 0.717) is 12.6 Å². The van der Waals surface area contributed by atoms with Crippen molar-refractivity contribution in [3.05, 3.63) is 11.8 Å². The number of carbonyl (C=O) groups is 1. The zero-order valence-electron chi connectivity index (χ0n) is 10.9. The van der Waals surface area contributed by atoms with E-state index in [2.05, 4.69) is 16.3 Å². The Kier molecular flexibility index (Phi) is 4.18. The van der Waals surface area contributed by atoms with Crippen molar-refractivity contribution in [2.75, 3.05) is 33.7 Å². The minimum atomic E-state index is 0.231. The molecule has 0 aromatic carbocycles. The third-order valence-electron chi connectivity index (χ3n) is 3.86. The van der Waals surface area contributed by atoms with Crippen LogP contribution in [-0.2, 0) is 4.79 Å². The van der Waals surface area contributed by atoms with Crippen LogP contribution in [0.2, 0.25) is 0 Å². The van der Waals surface area contributed by atoms with Crippen molar-refractivity contribution < 1.29 is 4.79 Å². The number of likely N-dealkylation sites (tertiary alicyclic amines) is 1. The van der Waals surface area contributed by atoms with Crippen molar-refractivity contribution in [2.45, 2.75) is 31.7 Å². The van der Waals surface area contributed by atoms with Gasteiger partial charge in [0.2, 0.25) is 5.91 Å². The first-order valence-electron chi connectivity index (χ1n) is 6.56. The second-order valence-electron chi connectivity index (χ2n) is 5.05. The van der Waals surface area contributed by atoms with Gasteiger partial charge in [0.15, 0.2) is 0 Å². The molecule has 0 spiro atoms. The lowest BCUT2D eigenvalue weighted by Crippen LogP contribution is -2.38. The Balaban J connectivity index is 1.81. The minimum absolute atomic E-state index is 0.231. The van der Waals surface area contributed by atoms with Gasteiger partial charge in [-0.1, -0.05) is 6.08 Å². The number of nitrogens with one attached hydrogen (secondary N) is 1. The molecule has 1 aliphatic carbocycles. The van der Waals surface area contributed by atoms with E-state index in [1.165, 1.54) is 12.1 Å². The summed E-state index contributed by atoms with van der Waals surface area (Å²) in [6.45, 7) is 2.59. The molecule has 0 radical (unpaired) electrons. The highest BCUT2D eigenvalue weighted by Gasteiger charge is 2.24. The summed E-state index contributed by atoms with van der Waals surface area (Å²) in [6.07, 6.45) is 6.72. The Morgan fingerprint density at radius 2 is 2.47 bits per heavy atom. The number of hydrogen-bond acceptors (Lipinski definition) is 3. The SMILES string of the molecule is CNC1CCN(CC(=O)N(C)C2=CCCC2)C1. The van der Waals surface area contributed by atoms with Gasteiger partial charge in [-0.2, -0.15) is 0 Å². The van der Waals surface area contributed by atoms with Gasteiger partial charge in [0.1, 0.15) is 0 Å². The van der Waals surface area contributed by atoms with Crippen LogP contribution < -0.4 is 5.32 Å². The Morgan fingerprint density at radius 1 is 1.65 bits per heavy atom. The molecule has 1 unspecified atom stereocenters. The van der Waals surface area contributed by atoms with Crippen LogP contribution >= 0.6 is 0 Å². The number of carbonyl (C=O) groups excluding carboxylic acids is 1. The summed E-state index contributed by atoms with van der Waals surface area (Å²) in [7, 11) is 3.90. The van der Waals surface area contributed by atoms with E-state index >= 15 is 0 Å². The second kappa shape index (κ2) is 5.65. The molecule has 1 heterocycles. The van der Waals surface area contributed by atoms with Gasteiger partial charge in [-0.15, -0.1) is 0 Å². The lowest BCUT2D eigenvalue weighted by Gasteiger charge is -2.22. The second-order valence-corrected chi connectivity index (χ2v) is 5.05. The van der Waals surface area contributed by atoms with Gasteiger partial charge in [-0.05, 0) is 32.7 Å². The molecular formula is C13H23N3O. The zero-order chi connectivity index (χ0) is 12.3. The molecule has 1 N–H and O–H groups in total. The fourth-order valence-corrected chi connectivity index (χ4v) is 2.63. The Bertz CT molecular complexity index is 314. The molecule has 0 aromatic rings. The van der Waals surface area contributed by atoms with Crippen LogP contribution in [0.25, 0.3) is 0 Å². The van der Waals surface area contributed by atoms with E-state index in [0.717, 1.165) is 32.4 Å². The zero-order valence-corrected chi connectivity index (χ0v) is 10.9. The number of hydrogen-bond donors (Lipinski definition) is 1. The number of rotatable bonds is 4. The van der Waals surface area contributed by atoms with Crippen molar-refractivity contribution in [1.82, 2.24) is 15.1 Å². The predicted octanol–water partition coefficient (Wildman–Crippen LogP) is 0.806. The molecule has 0 aromatic heterocycles. The van der Waals surface area contributed by atoms with Gasteiger partial charge in [-0.25, -0.2) is 0 Å². The molecule has 0 saturated carbocycles. The van der Waals surface area contributed by atoms with Crippen LogP contribution in [0.15, 0.2) is 11.8 Å². The molecule has 96 valence electrons. The highest BCUT2D eigenvalue weighted by atomic mass is 16.2. The molecule has 0 bridgehead atoms. The largest absolute Gasteiger partial charge is 0.318 e. The fraction of sp³-hybridized carbons (Fsp3) is 0.769. The summed E-state index contributed by atoms with van der Waals surface area (Å²) in [5.74, 6) is 0.231. The summed E-state index contributed by atoms with van der Waals surface area (Å²) >= 11 is 0. The lowest BCUT2D eigenvalue weighted by atomic mass is 10.3. The Hall–Kier alpha value is -0.870. The van der Waals surface area contributed by atoms with E-state index < -0.39 is 0 Å². The maximum atomic E-state index is 12.1. The van der Waals surface area contributed by atoms with Crippen molar-refractivity contribution in [3.63, 3.8) is 0 Å². The fourth-order valence-electron chi connectivity index (χ4n) is 2.63. The van der Waals surface area contributed by atoms with Gasteiger partial charge < -0.3 is 10.2 Å². The predicted molar refractivity (Wildman–Crippen MR) is 68.6 cm³/mol. The third kappa shape index (κ3) is 3.07. The summed E-state index contributed by atoms with van der Waals surface area (Å²) in [5, 5.41) is 3.27. The number of allylic oxidation sites excluding steroid dienone is 2. The highest BCUT2D eigenvalue weighted by molar-refractivity contribution is 5.79. The van der Waals surface area contributed by atoms with E-state index in [4.69, 9.17) is 0 Å². The highest BCUT2D eigenvalue weighted by Crippen LogP contribution is 2.20. The molecule has 4 nitrogen and oxygen atoms in total. The maximum absolute atomic E-state index is 12.1. The van der Waals surface area contributed by atoms with Crippen LogP contribution in [0.1, 0.15) is 25.7 Å². The average molecular weight is 237 g/mol. The molecule has 1 aliphatic heterocycles. The molecule has 4 heteroatoms. The van der Waals surface area contributed by atoms with Gasteiger partial charge >= 0.3 is 0 Å². The first-order valence-corrected chi connectivity index (χ1v) is 6.56. The summed E-state index contributed by atoms with van der Waals surface area (Å²) in [4.78, 5) is 16.2. The van der Waals surface area contributed by atoms with Crippen LogP contribution in [0.5, 0.6) is 0 Å². The van der Waals surface area contributed by atoms with Gasteiger partial charge in [0.05, 0.1) is 6.54 Å². The van der Waals surface area contributed by atoms with Crippen LogP contribution in [0, 0.1) is 0 Å². The molecular weight excluding hydrogens is 214 g/mol. The van der Waals surface area contributed by atoms with Crippen LogP contribution in [0.4, 0.5) is 0 Å². The number of nitrogens with zero attached hydrogens (tertiary/aromatic N) is 2. The topological polar surface area (TPSA) is 35.6 Å². The Morgan fingerprint density at radius 3 is 3.06 bits per heavy atom. The number of amides is 1. The Labute approximate surface area is 104 Å². The molecule has 1 amide bonds. The normalized spacial score (nSPS) is 25.1. The van der Waals surface area contributed by atoms with Crippen molar-refractivity contribution in [1.29, 1.82) is 0 Å². The smallest absolute Gasteiger partial charge is 0.240 e.